The number of aryl methyl sites for hydroxylation is 1. The number of alkyl halides is 1. The van der Waals surface area contributed by atoms with Crippen LogP contribution in [0.1, 0.15) is 5.56 Å². The first-order valence-electron chi connectivity index (χ1n) is 4.02. The van der Waals surface area contributed by atoms with Crippen molar-refractivity contribution < 1.29 is 4.39 Å². The van der Waals surface area contributed by atoms with Crippen LogP contribution < -0.4 is 0 Å². The number of rotatable bonds is 1. The van der Waals surface area contributed by atoms with Crippen molar-refractivity contribution in [3.63, 3.8) is 0 Å². The summed E-state index contributed by atoms with van der Waals surface area (Å²) in [5, 5.41) is 0.979. The minimum Gasteiger partial charge on any atom is -0.350 e. The zero-order chi connectivity index (χ0) is 9.42. The molecule has 0 saturated heterocycles. The Kier molecular flexibility index (Phi) is 2.12. The largest absolute Gasteiger partial charge is 0.350 e. The van der Waals surface area contributed by atoms with Gasteiger partial charge in [-0.05, 0) is 12.1 Å². The van der Waals surface area contributed by atoms with Crippen LogP contribution in [0, 0.1) is 0 Å². The lowest BCUT2D eigenvalue weighted by molar-refractivity contribution is 0.487. The number of fused-ring (bicyclic) bond motifs is 1. The summed E-state index contributed by atoms with van der Waals surface area (Å²) in [5.41, 5.74) is 1.80. The van der Waals surface area contributed by atoms with Gasteiger partial charge in [-0.15, -0.1) is 0 Å². The van der Waals surface area contributed by atoms with E-state index in [2.05, 4.69) is 15.9 Å². The maximum absolute atomic E-state index is 12.6. The van der Waals surface area contributed by atoms with Crippen LogP contribution in [0.4, 0.5) is 4.39 Å². The molecule has 3 heteroatoms. The summed E-state index contributed by atoms with van der Waals surface area (Å²) in [6.07, 6.45) is 1.83. The van der Waals surface area contributed by atoms with Crippen LogP contribution in [0.2, 0.25) is 0 Å². The molecular weight excluding hydrogens is 233 g/mol. The fourth-order valence-electron chi connectivity index (χ4n) is 1.59. The number of benzene rings is 1. The average Bonchev–Trinajstić information content (AvgIpc) is 2.45. The quantitative estimate of drug-likeness (QED) is 0.722. The van der Waals surface area contributed by atoms with Crippen LogP contribution in [0.5, 0.6) is 0 Å². The zero-order valence-corrected chi connectivity index (χ0v) is 8.81. The Labute approximate surface area is 84.3 Å². The third kappa shape index (κ3) is 1.27. The highest BCUT2D eigenvalue weighted by molar-refractivity contribution is 9.10. The van der Waals surface area contributed by atoms with Gasteiger partial charge >= 0.3 is 0 Å². The van der Waals surface area contributed by atoms with E-state index in [1.54, 1.807) is 0 Å². The molecule has 0 fully saturated rings. The van der Waals surface area contributed by atoms with E-state index in [1.165, 1.54) is 0 Å². The van der Waals surface area contributed by atoms with Gasteiger partial charge in [-0.1, -0.05) is 22.0 Å². The number of hydrogen-bond acceptors (Lipinski definition) is 0. The summed E-state index contributed by atoms with van der Waals surface area (Å²) < 4.78 is 15.5. The molecule has 1 nitrogen and oxygen atoms in total. The van der Waals surface area contributed by atoms with Gasteiger partial charge in [0.1, 0.15) is 6.67 Å². The third-order valence-electron chi connectivity index (χ3n) is 2.19. The van der Waals surface area contributed by atoms with Gasteiger partial charge in [0.25, 0.3) is 0 Å². The van der Waals surface area contributed by atoms with Crippen molar-refractivity contribution in [3.8, 4) is 0 Å². The molecule has 0 unspecified atom stereocenters. The Hall–Kier alpha value is -0.830. The average molecular weight is 242 g/mol. The number of nitrogens with zero attached hydrogens (tertiary/aromatic N) is 1. The number of hydrogen-bond donors (Lipinski definition) is 0. The molecular formula is C10H9BrFN. The fourth-order valence-corrected chi connectivity index (χ4v) is 2.20. The predicted molar refractivity (Wildman–Crippen MR) is 55.4 cm³/mol. The predicted octanol–water partition coefficient (Wildman–Crippen LogP) is 3.41. The molecule has 0 spiro atoms. The van der Waals surface area contributed by atoms with Crippen molar-refractivity contribution in [2.24, 2.45) is 7.05 Å². The number of aromatic nitrogens is 1. The van der Waals surface area contributed by atoms with E-state index in [9.17, 15) is 4.39 Å². The Bertz CT molecular complexity index is 447. The molecule has 2 rings (SSSR count). The summed E-state index contributed by atoms with van der Waals surface area (Å²) >= 11 is 3.42. The van der Waals surface area contributed by atoms with Crippen LogP contribution >= 0.6 is 15.9 Å². The van der Waals surface area contributed by atoms with E-state index in [4.69, 9.17) is 0 Å². The molecule has 68 valence electrons. The molecule has 2 aromatic rings. The van der Waals surface area contributed by atoms with Gasteiger partial charge < -0.3 is 4.57 Å². The van der Waals surface area contributed by atoms with Crippen molar-refractivity contribution >= 4 is 26.8 Å². The Morgan fingerprint density at radius 3 is 2.92 bits per heavy atom. The van der Waals surface area contributed by atoms with Crippen LogP contribution in [0.15, 0.2) is 28.9 Å². The van der Waals surface area contributed by atoms with E-state index in [1.807, 2.05) is 36.0 Å². The highest BCUT2D eigenvalue weighted by Crippen LogP contribution is 2.28. The lowest BCUT2D eigenvalue weighted by Crippen LogP contribution is -1.82. The van der Waals surface area contributed by atoms with Crippen molar-refractivity contribution in [3.05, 3.63) is 34.4 Å². The van der Waals surface area contributed by atoms with Crippen LogP contribution in [0.25, 0.3) is 10.9 Å². The Balaban J connectivity index is 2.89. The Morgan fingerprint density at radius 2 is 2.23 bits per heavy atom. The van der Waals surface area contributed by atoms with Crippen molar-refractivity contribution in [1.82, 2.24) is 4.57 Å². The molecule has 0 aliphatic heterocycles. The molecule has 1 heterocycles. The first-order chi connectivity index (χ1) is 6.24. The normalized spacial score (nSPS) is 11.0. The standard InChI is InChI=1S/C10H9BrFN/c1-13-6-7(5-12)10-8(11)3-2-4-9(10)13/h2-4,6H,5H2,1H3. The van der Waals surface area contributed by atoms with Gasteiger partial charge in [-0.2, -0.15) is 0 Å². The SMILES string of the molecule is Cn1cc(CF)c2c(Br)cccc21. The van der Waals surface area contributed by atoms with Gasteiger partial charge in [-0.3, -0.25) is 0 Å². The van der Waals surface area contributed by atoms with Crippen molar-refractivity contribution in [2.45, 2.75) is 6.67 Å². The van der Waals surface area contributed by atoms with Gasteiger partial charge in [0.15, 0.2) is 0 Å². The van der Waals surface area contributed by atoms with Gasteiger partial charge in [0, 0.05) is 34.2 Å². The summed E-state index contributed by atoms with van der Waals surface area (Å²) in [7, 11) is 1.92. The summed E-state index contributed by atoms with van der Waals surface area (Å²) in [4.78, 5) is 0. The van der Waals surface area contributed by atoms with E-state index in [0.717, 1.165) is 20.9 Å². The molecule has 0 aliphatic carbocycles. The van der Waals surface area contributed by atoms with Gasteiger partial charge in [0.05, 0.1) is 0 Å². The molecule has 0 bridgehead atoms. The monoisotopic (exact) mass is 241 g/mol. The van der Waals surface area contributed by atoms with Gasteiger partial charge in [-0.25, -0.2) is 4.39 Å². The van der Waals surface area contributed by atoms with E-state index < -0.39 is 6.67 Å². The van der Waals surface area contributed by atoms with Gasteiger partial charge in [0.2, 0.25) is 0 Å². The summed E-state index contributed by atoms with van der Waals surface area (Å²) in [6, 6.07) is 5.87. The molecule has 0 atom stereocenters. The second-order valence-electron chi connectivity index (χ2n) is 3.03. The molecule has 1 aromatic heterocycles. The third-order valence-corrected chi connectivity index (χ3v) is 2.85. The second kappa shape index (κ2) is 3.14. The lowest BCUT2D eigenvalue weighted by Gasteiger charge is -1.97. The highest BCUT2D eigenvalue weighted by atomic mass is 79.9. The van der Waals surface area contributed by atoms with E-state index in [-0.39, 0.29) is 0 Å². The first-order valence-corrected chi connectivity index (χ1v) is 4.81. The van der Waals surface area contributed by atoms with Crippen molar-refractivity contribution in [2.75, 3.05) is 0 Å². The zero-order valence-electron chi connectivity index (χ0n) is 7.22. The lowest BCUT2D eigenvalue weighted by atomic mass is 10.2. The molecule has 0 radical (unpaired) electrons. The van der Waals surface area contributed by atoms with E-state index in [0.29, 0.717) is 0 Å². The van der Waals surface area contributed by atoms with Crippen molar-refractivity contribution in [1.29, 1.82) is 0 Å². The topological polar surface area (TPSA) is 4.93 Å². The highest BCUT2D eigenvalue weighted by Gasteiger charge is 2.08. The Morgan fingerprint density at radius 1 is 1.46 bits per heavy atom. The van der Waals surface area contributed by atoms with Crippen LogP contribution in [-0.2, 0) is 13.7 Å². The summed E-state index contributed by atoms with van der Waals surface area (Å²) in [5.74, 6) is 0. The first kappa shape index (κ1) is 8.75. The molecule has 0 saturated carbocycles. The van der Waals surface area contributed by atoms with Crippen LogP contribution in [-0.4, -0.2) is 4.57 Å². The fraction of sp³-hybridized carbons (Fsp3) is 0.200. The smallest absolute Gasteiger partial charge is 0.117 e. The minimum atomic E-state index is -0.417. The number of halogens is 2. The molecule has 13 heavy (non-hydrogen) atoms. The van der Waals surface area contributed by atoms with E-state index >= 15 is 0 Å². The maximum Gasteiger partial charge on any atom is 0.117 e. The maximum atomic E-state index is 12.6. The van der Waals surface area contributed by atoms with Crippen LogP contribution in [0.3, 0.4) is 0 Å². The molecule has 0 aliphatic rings. The summed E-state index contributed by atoms with van der Waals surface area (Å²) in [6.45, 7) is -0.417. The molecule has 0 N–H and O–H groups in total. The second-order valence-corrected chi connectivity index (χ2v) is 3.89. The minimum absolute atomic E-state index is 0.417. The molecule has 0 amide bonds. The molecule has 1 aromatic carbocycles.